The van der Waals surface area contributed by atoms with Gasteiger partial charge in [0.05, 0.1) is 16.1 Å². The van der Waals surface area contributed by atoms with Crippen molar-refractivity contribution >= 4 is 22.6 Å². The summed E-state index contributed by atoms with van der Waals surface area (Å²) in [6.45, 7) is 15.2. The van der Waals surface area contributed by atoms with E-state index in [2.05, 4.69) is 4.72 Å². The molecule has 0 saturated carbocycles. The van der Waals surface area contributed by atoms with E-state index in [1.54, 1.807) is 19.1 Å². The third kappa shape index (κ3) is 3.85. The first-order chi connectivity index (χ1) is 10.6. The third-order valence-electron chi connectivity index (χ3n) is 4.45. The average Bonchev–Trinajstić information content (AvgIpc) is 2.54. The van der Waals surface area contributed by atoms with Gasteiger partial charge in [-0.25, -0.2) is 13.1 Å². The molecule has 134 valence electrons. The fourth-order valence-corrected chi connectivity index (χ4v) is 4.20. The molecule has 0 bridgehead atoms. The molecule has 0 unspecified atom stereocenters. The van der Waals surface area contributed by atoms with Crippen LogP contribution in [-0.4, -0.2) is 32.3 Å². The summed E-state index contributed by atoms with van der Waals surface area (Å²) in [5, 5.41) is 0. The lowest BCUT2D eigenvalue weighted by Gasteiger charge is -2.32. The van der Waals surface area contributed by atoms with Gasteiger partial charge in [-0.05, 0) is 72.5 Å². The maximum atomic E-state index is 12.5. The minimum Gasteiger partial charge on any atom is -0.399 e. The van der Waals surface area contributed by atoms with Crippen LogP contribution in [-0.2, 0) is 19.3 Å². The molecule has 0 atom stereocenters. The molecular formula is C17H28BNO4S. The lowest BCUT2D eigenvalue weighted by Crippen LogP contribution is -2.41. The van der Waals surface area contributed by atoms with E-state index in [0.29, 0.717) is 5.56 Å². The highest BCUT2D eigenvalue weighted by Crippen LogP contribution is 2.36. The molecule has 0 aliphatic carbocycles. The zero-order valence-electron chi connectivity index (χ0n) is 15.9. The second-order valence-electron chi connectivity index (χ2n) is 8.47. The van der Waals surface area contributed by atoms with Gasteiger partial charge in [0.1, 0.15) is 0 Å². The first kappa shape index (κ1) is 19.4. The maximum absolute atomic E-state index is 12.5. The Morgan fingerprint density at radius 3 is 1.96 bits per heavy atom. The number of sulfonamides is 1. The van der Waals surface area contributed by atoms with Gasteiger partial charge < -0.3 is 9.31 Å². The molecule has 0 radical (unpaired) electrons. The smallest absolute Gasteiger partial charge is 0.399 e. The fourth-order valence-electron chi connectivity index (χ4n) is 2.56. The van der Waals surface area contributed by atoms with Gasteiger partial charge >= 0.3 is 7.12 Å². The Morgan fingerprint density at radius 1 is 1.04 bits per heavy atom. The Labute approximate surface area is 146 Å². The highest BCUT2D eigenvalue weighted by molar-refractivity contribution is 7.89. The second-order valence-corrected chi connectivity index (χ2v) is 10.1. The van der Waals surface area contributed by atoms with Gasteiger partial charge in [-0.1, -0.05) is 12.1 Å². The summed E-state index contributed by atoms with van der Waals surface area (Å²) in [5.41, 5.74) is 0.101. The molecule has 0 amide bonds. The van der Waals surface area contributed by atoms with Crippen molar-refractivity contribution in [2.45, 2.75) is 77.0 Å². The van der Waals surface area contributed by atoms with Crippen LogP contribution in [0.2, 0.25) is 0 Å². The molecule has 0 aromatic heterocycles. The SMILES string of the molecule is Cc1cc(B2OC(C)(C)C(C)(C)O2)ccc1S(=O)(=O)NC(C)(C)C. The second kappa shape index (κ2) is 5.83. The van der Waals surface area contributed by atoms with Crippen LogP contribution in [0.5, 0.6) is 0 Å². The maximum Gasteiger partial charge on any atom is 0.494 e. The number of hydrogen-bond donors (Lipinski definition) is 1. The quantitative estimate of drug-likeness (QED) is 0.848. The van der Waals surface area contributed by atoms with Gasteiger partial charge in [-0.15, -0.1) is 0 Å². The molecule has 0 spiro atoms. The Bertz CT molecular complexity index is 719. The summed E-state index contributed by atoms with van der Waals surface area (Å²) in [6.07, 6.45) is 0. The molecular weight excluding hydrogens is 325 g/mol. The molecule has 5 nitrogen and oxygen atoms in total. The molecule has 1 aliphatic rings. The van der Waals surface area contributed by atoms with E-state index in [9.17, 15) is 8.42 Å². The number of rotatable bonds is 3. The molecule has 1 fully saturated rings. The first-order valence-corrected chi connectivity index (χ1v) is 9.63. The lowest BCUT2D eigenvalue weighted by atomic mass is 9.78. The topological polar surface area (TPSA) is 64.6 Å². The van der Waals surface area contributed by atoms with Crippen molar-refractivity contribution in [1.82, 2.24) is 4.72 Å². The minimum absolute atomic E-state index is 0.276. The van der Waals surface area contributed by atoms with Gasteiger partial charge in [0.2, 0.25) is 10.0 Å². The number of aryl methyl sites for hydroxylation is 1. The third-order valence-corrected chi connectivity index (χ3v) is 6.37. The Morgan fingerprint density at radius 2 is 1.54 bits per heavy atom. The summed E-state index contributed by atoms with van der Waals surface area (Å²) in [4.78, 5) is 0.276. The Kier molecular flexibility index (Phi) is 4.72. The van der Waals surface area contributed by atoms with E-state index in [1.165, 1.54) is 0 Å². The first-order valence-electron chi connectivity index (χ1n) is 8.15. The van der Waals surface area contributed by atoms with Crippen molar-refractivity contribution in [2.75, 3.05) is 0 Å². The standard InChI is InChI=1S/C17H28BNO4S/c1-12-11-13(18-22-16(5,6)17(7,8)23-18)9-10-14(12)24(20,21)19-15(2,3)4/h9-11,19H,1-8H3. The Balaban J connectivity index is 2.32. The number of hydrogen-bond acceptors (Lipinski definition) is 4. The van der Waals surface area contributed by atoms with Crippen molar-refractivity contribution < 1.29 is 17.7 Å². The van der Waals surface area contributed by atoms with Crippen molar-refractivity contribution in [3.8, 4) is 0 Å². The van der Waals surface area contributed by atoms with Crippen molar-refractivity contribution in [3.05, 3.63) is 23.8 Å². The lowest BCUT2D eigenvalue weighted by molar-refractivity contribution is 0.00578. The molecule has 2 rings (SSSR count). The van der Waals surface area contributed by atoms with E-state index in [-0.39, 0.29) is 4.90 Å². The van der Waals surface area contributed by atoms with Crippen LogP contribution < -0.4 is 10.2 Å². The summed E-state index contributed by atoms with van der Waals surface area (Å²) >= 11 is 0. The van der Waals surface area contributed by atoms with Gasteiger partial charge in [0.25, 0.3) is 0 Å². The van der Waals surface area contributed by atoms with Gasteiger partial charge in [-0.2, -0.15) is 0 Å². The number of nitrogens with one attached hydrogen (secondary N) is 1. The van der Waals surface area contributed by atoms with Gasteiger partial charge in [0, 0.05) is 5.54 Å². The normalized spacial score (nSPS) is 20.4. The fraction of sp³-hybridized carbons (Fsp3) is 0.647. The molecule has 1 heterocycles. The summed E-state index contributed by atoms with van der Waals surface area (Å²) in [6, 6.07) is 5.19. The highest BCUT2D eigenvalue weighted by Gasteiger charge is 2.51. The van der Waals surface area contributed by atoms with Crippen LogP contribution in [0.1, 0.15) is 54.0 Å². The van der Waals surface area contributed by atoms with Crippen LogP contribution in [0.3, 0.4) is 0 Å². The predicted octanol–water partition coefficient (Wildman–Crippen LogP) is 2.37. The van der Waals surface area contributed by atoms with Crippen LogP contribution in [0, 0.1) is 6.92 Å². The molecule has 7 heteroatoms. The predicted molar refractivity (Wildman–Crippen MR) is 97.0 cm³/mol. The van der Waals surface area contributed by atoms with Crippen molar-refractivity contribution in [3.63, 3.8) is 0 Å². The molecule has 1 aromatic carbocycles. The minimum atomic E-state index is -3.57. The average molecular weight is 353 g/mol. The molecule has 24 heavy (non-hydrogen) atoms. The van der Waals surface area contributed by atoms with E-state index in [4.69, 9.17) is 9.31 Å². The van der Waals surface area contributed by atoms with Crippen LogP contribution in [0.4, 0.5) is 0 Å². The van der Waals surface area contributed by atoms with E-state index in [1.807, 2.05) is 54.5 Å². The largest absolute Gasteiger partial charge is 0.494 e. The Hall–Kier alpha value is -0.885. The van der Waals surface area contributed by atoms with E-state index >= 15 is 0 Å². The molecule has 1 aliphatic heterocycles. The van der Waals surface area contributed by atoms with Crippen molar-refractivity contribution in [1.29, 1.82) is 0 Å². The zero-order valence-corrected chi connectivity index (χ0v) is 16.7. The highest BCUT2D eigenvalue weighted by atomic mass is 32.2. The summed E-state index contributed by atoms with van der Waals surface area (Å²) in [5.74, 6) is 0. The van der Waals surface area contributed by atoms with Crippen LogP contribution >= 0.6 is 0 Å². The van der Waals surface area contributed by atoms with E-state index in [0.717, 1.165) is 5.46 Å². The van der Waals surface area contributed by atoms with Gasteiger partial charge in [-0.3, -0.25) is 0 Å². The van der Waals surface area contributed by atoms with Gasteiger partial charge in [0.15, 0.2) is 0 Å². The summed E-state index contributed by atoms with van der Waals surface area (Å²) < 4.78 is 39.8. The zero-order chi connectivity index (χ0) is 18.6. The molecule has 1 saturated heterocycles. The van der Waals surface area contributed by atoms with E-state index < -0.39 is 33.9 Å². The van der Waals surface area contributed by atoms with Crippen molar-refractivity contribution in [2.24, 2.45) is 0 Å². The molecule has 1 N–H and O–H groups in total. The van der Waals surface area contributed by atoms with Crippen LogP contribution in [0.25, 0.3) is 0 Å². The summed E-state index contributed by atoms with van der Waals surface area (Å²) in [7, 11) is -4.07. The number of benzene rings is 1. The monoisotopic (exact) mass is 353 g/mol. The molecule has 1 aromatic rings. The van der Waals surface area contributed by atoms with Crippen LogP contribution in [0.15, 0.2) is 23.1 Å².